The number of benzene rings is 1. The van der Waals surface area contributed by atoms with Crippen LogP contribution in [0.5, 0.6) is 0 Å². The number of rotatable bonds is 1. The van der Waals surface area contributed by atoms with Crippen LogP contribution in [-0.4, -0.2) is 18.5 Å². The van der Waals surface area contributed by atoms with Crippen LogP contribution in [0, 0.1) is 6.92 Å². The fourth-order valence-electron chi connectivity index (χ4n) is 1.93. The molecule has 0 bridgehead atoms. The van der Waals surface area contributed by atoms with Crippen molar-refractivity contribution < 1.29 is 4.79 Å². The average Bonchev–Trinajstić information content (AvgIpc) is 2.51. The molecule has 1 aliphatic heterocycles. The molecule has 1 heterocycles. The van der Waals surface area contributed by atoms with Gasteiger partial charge in [-0.3, -0.25) is 4.79 Å². The quantitative estimate of drug-likeness (QED) is 0.766. The zero-order valence-corrected chi connectivity index (χ0v) is 10.6. The standard InChI is InChI=1S/C11H14BrN3O/c1-6-2-7(12)3-9(11(6)14)15-5-8(13)4-10(15)16/h2-3,8H,4-5,13-14H2,1H3. The molecule has 1 aromatic rings. The van der Waals surface area contributed by atoms with E-state index in [1.54, 1.807) is 4.90 Å². The number of hydrogen-bond acceptors (Lipinski definition) is 3. The molecule has 0 radical (unpaired) electrons. The molecule has 0 saturated carbocycles. The number of nitrogens with zero attached hydrogens (tertiary/aromatic N) is 1. The largest absolute Gasteiger partial charge is 0.397 e. The summed E-state index contributed by atoms with van der Waals surface area (Å²) in [4.78, 5) is 13.4. The van der Waals surface area contributed by atoms with E-state index in [0.29, 0.717) is 18.7 Å². The molecule has 1 fully saturated rings. The highest BCUT2D eigenvalue weighted by atomic mass is 79.9. The van der Waals surface area contributed by atoms with Crippen molar-refractivity contribution in [2.45, 2.75) is 19.4 Å². The first-order valence-corrected chi connectivity index (χ1v) is 5.90. The third kappa shape index (κ3) is 1.92. The lowest BCUT2D eigenvalue weighted by Crippen LogP contribution is -2.28. The Balaban J connectivity index is 2.44. The van der Waals surface area contributed by atoms with Gasteiger partial charge >= 0.3 is 0 Å². The van der Waals surface area contributed by atoms with Gasteiger partial charge in [-0.05, 0) is 24.6 Å². The fraction of sp³-hybridized carbons (Fsp3) is 0.364. The van der Waals surface area contributed by atoms with E-state index in [0.717, 1.165) is 15.7 Å². The third-order valence-corrected chi connectivity index (χ3v) is 3.23. The number of nitrogen functional groups attached to an aromatic ring is 1. The zero-order valence-electron chi connectivity index (χ0n) is 9.03. The van der Waals surface area contributed by atoms with Crippen LogP contribution in [0.4, 0.5) is 11.4 Å². The summed E-state index contributed by atoms with van der Waals surface area (Å²) in [6.07, 6.45) is 0.394. The number of carbonyl (C=O) groups is 1. The van der Waals surface area contributed by atoms with Gasteiger partial charge in [-0.25, -0.2) is 0 Å². The van der Waals surface area contributed by atoms with E-state index in [9.17, 15) is 4.79 Å². The van der Waals surface area contributed by atoms with Gasteiger partial charge in [0.25, 0.3) is 0 Å². The van der Waals surface area contributed by atoms with Crippen LogP contribution in [0.2, 0.25) is 0 Å². The Hall–Kier alpha value is -1.07. The Morgan fingerprint density at radius 1 is 1.50 bits per heavy atom. The topological polar surface area (TPSA) is 72.3 Å². The van der Waals surface area contributed by atoms with Crippen LogP contribution < -0.4 is 16.4 Å². The number of aryl methyl sites for hydroxylation is 1. The summed E-state index contributed by atoms with van der Waals surface area (Å²) >= 11 is 3.40. The Morgan fingerprint density at radius 2 is 2.19 bits per heavy atom. The lowest BCUT2D eigenvalue weighted by molar-refractivity contribution is -0.117. The first-order valence-electron chi connectivity index (χ1n) is 5.10. The molecule has 1 saturated heterocycles. The third-order valence-electron chi connectivity index (χ3n) is 2.78. The smallest absolute Gasteiger partial charge is 0.228 e. The molecule has 0 aliphatic carbocycles. The number of anilines is 2. The summed E-state index contributed by atoms with van der Waals surface area (Å²) in [7, 11) is 0. The van der Waals surface area contributed by atoms with Crippen molar-refractivity contribution in [1.29, 1.82) is 0 Å². The van der Waals surface area contributed by atoms with Crippen molar-refractivity contribution in [3.63, 3.8) is 0 Å². The summed E-state index contributed by atoms with van der Waals surface area (Å²) in [5.41, 5.74) is 14.1. The van der Waals surface area contributed by atoms with E-state index >= 15 is 0 Å². The summed E-state index contributed by atoms with van der Waals surface area (Å²) in [6, 6.07) is 3.70. The molecule has 1 aliphatic rings. The van der Waals surface area contributed by atoms with E-state index in [1.165, 1.54) is 0 Å². The number of hydrogen-bond donors (Lipinski definition) is 2. The SMILES string of the molecule is Cc1cc(Br)cc(N2CC(N)CC2=O)c1N. The van der Waals surface area contributed by atoms with Crippen molar-refractivity contribution in [2.75, 3.05) is 17.2 Å². The molecule has 0 aromatic heterocycles. The van der Waals surface area contributed by atoms with Crippen LogP contribution in [0.1, 0.15) is 12.0 Å². The molecule has 1 amide bonds. The maximum atomic E-state index is 11.7. The molecule has 0 spiro atoms. The van der Waals surface area contributed by atoms with Gasteiger partial charge < -0.3 is 16.4 Å². The normalized spacial score (nSPS) is 20.6. The number of nitrogens with two attached hydrogens (primary N) is 2. The minimum Gasteiger partial charge on any atom is -0.397 e. The Bertz CT molecular complexity index is 447. The Morgan fingerprint density at radius 3 is 2.75 bits per heavy atom. The molecule has 16 heavy (non-hydrogen) atoms. The maximum absolute atomic E-state index is 11.7. The minimum absolute atomic E-state index is 0.0386. The summed E-state index contributed by atoms with van der Waals surface area (Å²) in [6.45, 7) is 2.46. The second-order valence-corrected chi connectivity index (χ2v) is 5.04. The molecule has 1 unspecified atom stereocenters. The molecule has 4 nitrogen and oxygen atoms in total. The monoisotopic (exact) mass is 283 g/mol. The highest BCUT2D eigenvalue weighted by molar-refractivity contribution is 9.10. The first kappa shape index (κ1) is 11.4. The van der Waals surface area contributed by atoms with E-state index < -0.39 is 0 Å². The second-order valence-electron chi connectivity index (χ2n) is 4.12. The lowest BCUT2D eigenvalue weighted by Gasteiger charge is -2.20. The van der Waals surface area contributed by atoms with Crippen LogP contribution in [0.25, 0.3) is 0 Å². The van der Waals surface area contributed by atoms with Crippen molar-refractivity contribution in [3.05, 3.63) is 22.2 Å². The first-order chi connectivity index (χ1) is 7.49. The van der Waals surface area contributed by atoms with Gasteiger partial charge in [0, 0.05) is 23.5 Å². The highest BCUT2D eigenvalue weighted by Crippen LogP contribution is 2.32. The number of carbonyl (C=O) groups excluding carboxylic acids is 1. The molecular weight excluding hydrogens is 270 g/mol. The van der Waals surface area contributed by atoms with E-state index in [-0.39, 0.29) is 11.9 Å². The predicted octanol–water partition coefficient (Wildman–Crippen LogP) is 1.40. The Labute approximate surface area is 103 Å². The van der Waals surface area contributed by atoms with Crippen LogP contribution in [0.3, 0.4) is 0 Å². The lowest BCUT2D eigenvalue weighted by atomic mass is 10.1. The van der Waals surface area contributed by atoms with E-state index in [4.69, 9.17) is 11.5 Å². The Kier molecular flexibility index (Phi) is 2.90. The van der Waals surface area contributed by atoms with Gasteiger partial charge in [-0.15, -0.1) is 0 Å². The molecule has 4 N–H and O–H groups in total. The van der Waals surface area contributed by atoms with Crippen molar-refractivity contribution in [2.24, 2.45) is 5.73 Å². The minimum atomic E-state index is -0.0915. The fourth-order valence-corrected chi connectivity index (χ4v) is 2.49. The molecule has 1 aromatic carbocycles. The zero-order chi connectivity index (χ0) is 11.9. The highest BCUT2D eigenvalue weighted by Gasteiger charge is 2.29. The molecule has 2 rings (SSSR count). The van der Waals surface area contributed by atoms with Crippen LogP contribution in [-0.2, 0) is 4.79 Å². The van der Waals surface area contributed by atoms with Gasteiger partial charge in [0.1, 0.15) is 0 Å². The molecule has 86 valence electrons. The molecule has 1 atom stereocenters. The van der Waals surface area contributed by atoms with Gasteiger partial charge in [0.05, 0.1) is 11.4 Å². The van der Waals surface area contributed by atoms with Crippen LogP contribution >= 0.6 is 15.9 Å². The van der Waals surface area contributed by atoms with Crippen molar-refractivity contribution in [3.8, 4) is 0 Å². The average molecular weight is 284 g/mol. The summed E-state index contributed by atoms with van der Waals surface area (Å²) in [5, 5.41) is 0. The van der Waals surface area contributed by atoms with Gasteiger partial charge in [-0.2, -0.15) is 0 Å². The van der Waals surface area contributed by atoms with Crippen molar-refractivity contribution in [1.82, 2.24) is 0 Å². The number of halogens is 1. The van der Waals surface area contributed by atoms with Gasteiger partial charge in [0.15, 0.2) is 0 Å². The van der Waals surface area contributed by atoms with Crippen LogP contribution in [0.15, 0.2) is 16.6 Å². The summed E-state index contributed by atoms with van der Waals surface area (Å²) in [5.74, 6) is 0.0386. The predicted molar refractivity (Wildman–Crippen MR) is 68.2 cm³/mol. The number of amides is 1. The van der Waals surface area contributed by atoms with Gasteiger partial charge in [-0.1, -0.05) is 15.9 Å². The van der Waals surface area contributed by atoms with E-state index in [1.807, 2.05) is 19.1 Å². The van der Waals surface area contributed by atoms with E-state index in [2.05, 4.69) is 15.9 Å². The summed E-state index contributed by atoms with van der Waals surface area (Å²) < 4.78 is 0.919. The second kappa shape index (κ2) is 4.07. The maximum Gasteiger partial charge on any atom is 0.228 e. The van der Waals surface area contributed by atoms with Crippen molar-refractivity contribution >= 4 is 33.2 Å². The van der Waals surface area contributed by atoms with Gasteiger partial charge in [0.2, 0.25) is 5.91 Å². The molecular formula is C11H14BrN3O. The molecule has 5 heteroatoms.